The van der Waals surface area contributed by atoms with Crippen molar-refractivity contribution in [2.24, 2.45) is 0 Å². The van der Waals surface area contributed by atoms with Crippen molar-refractivity contribution >= 4 is 0 Å². The molecule has 1 heterocycles. The Balaban J connectivity index is 2.17. The Labute approximate surface area is 113 Å². The number of pyridine rings is 1. The zero-order valence-electron chi connectivity index (χ0n) is 11.6. The molecule has 0 aliphatic heterocycles. The van der Waals surface area contributed by atoms with Gasteiger partial charge < -0.3 is 9.84 Å². The van der Waals surface area contributed by atoms with Crippen LogP contribution in [-0.2, 0) is 6.42 Å². The second-order valence-corrected chi connectivity index (χ2v) is 4.87. The SMILES string of the molecule is COc1cncc(C(O)Cc2cc(C)cc(C)c2)c1. The summed E-state index contributed by atoms with van der Waals surface area (Å²) in [5.74, 6) is 0.664. The smallest absolute Gasteiger partial charge is 0.137 e. The fourth-order valence-corrected chi connectivity index (χ4v) is 2.26. The van der Waals surface area contributed by atoms with Gasteiger partial charge in [-0.3, -0.25) is 4.98 Å². The lowest BCUT2D eigenvalue weighted by atomic mass is 9.99. The van der Waals surface area contributed by atoms with E-state index in [0.717, 1.165) is 11.1 Å². The molecule has 0 bridgehead atoms. The Morgan fingerprint density at radius 1 is 1.11 bits per heavy atom. The van der Waals surface area contributed by atoms with Crippen molar-refractivity contribution in [2.45, 2.75) is 26.4 Å². The van der Waals surface area contributed by atoms with Gasteiger partial charge in [-0.1, -0.05) is 29.3 Å². The molecule has 1 atom stereocenters. The fraction of sp³-hybridized carbons (Fsp3) is 0.312. The lowest BCUT2D eigenvalue weighted by molar-refractivity contribution is 0.177. The number of aromatic nitrogens is 1. The highest BCUT2D eigenvalue weighted by Crippen LogP contribution is 2.22. The van der Waals surface area contributed by atoms with Gasteiger partial charge in [0.2, 0.25) is 0 Å². The first-order chi connectivity index (χ1) is 9.08. The summed E-state index contributed by atoms with van der Waals surface area (Å²) >= 11 is 0. The predicted octanol–water partition coefficient (Wildman–Crippen LogP) is 2.98. The number of nitrogens with zero attached hydrogens (tertiary/aromatic N) is 1. The molecule has 0 radical (unpaired) electrons. The van der Waals surface area contributed by atoms with Crippen molar-refractivity contribution in [1.29, 1.82) is 0 Å². The largest absolute Gasteiger partial charge is 0.495 e. The van der Waals surface area contributed by atoms with Crippen LogP contribution in [0.25, 0.3) is 0 Å². The molecule has 100 valence electrons. The van der Waals surface area contributed by atoms with Crippen molar-refractivity contribution in [2.75, 3.05) is 7.11 Å². The normalized spacial score (nSPS) is 12.2. The number of aryl methyl sites for hydroxylation is 2. The van der Waals surface area contributed by atoms with E-state index in [-0.39, 0.29) is 0 Å². The van der Waals surface area contributed by atoms with Gasteiger partial charge in [0, 0.05) is 18.2 Å². The standard InChI is InChI=1S/C16H19NO2/c1-11-4-12(2)6-13(5-11)7-16(18)14-8-15(19-3)10-17-9-14/h4-6,8-10,16,18H,7H2,1-3H3. The van der Waals surface area contributed by atoms with Crippen molar-refractivity contribution in [3.63, 3.8) is 0 Å². The predicted molar refractivity (Wildman–Crippen MR) is 75.4 cm³/mol. The minimum absolute atomic E-state index is 0.566. The third-order valence-corrected chi connectivity index (χ3v) is 3.07. The minimum atomic E-state index is -0.566. The third kappa shape index (κ3) is 3.55. The van der Waals surface area contributed by atoms with Gasteiger partial charge in [0.25, 0.3) is 0 Å². The van der Waals surface area contributed by atoms with Gasteiger partial charge in [-0.2, -0.15) is 0 Å². The number of aliphatic hydroxyl groups is 1. The van der Waals surface area contributed by atoms with Crippen LogP contribution in [0.1, 0.15) is 28.4 Å². The molecule has 3 nitrogen and oxygen atoms in total. The zero-order chi connectivity index (χ0) is 13.8. The van der Waals surface area contributed by atoms with E-state index in [1.54, 1.807) is 19.5 Å². The van der Waals surface area contributed by atoms with Crippen LogP contribution in [0.4, 0.5) is 0 Å². The summed E-state index contributed by atoms with van der Waals surface area (Å²) in [6.07, 6.45) is 3.32. The maximum absolute atomic E-state index is 10.3. The molecule has 1 aromatic heterocycles. The number of benzene rings is 1. The Morgan fingerprint density at radius 2 is 1.79 bits per heavy atom. The maximum Gasteiger partial charge on any atom is 0.137 e. The molecule has 2 rings (SSSR count). The van der Waals surface area contributed by atoms with Crippen molar-refractivity contribution in [3.8, 4) is 5.75 Å². The molecule has 3 heteroatoms. The van der Waals surface area contributed by atoms with E-state index < -0.39 is 6.10 Å². The molecule has 0 fully saturated rings. The number of rotatable bonds is 4. The fourth-order valence-electron chi connectivity index (χ4n) is 2.26. The van der Waals surface area contributed by atoms with Gasteiger partial charge in [-0.15, -0.1) is 0 Å². The van der Waals surface area contributed by atoms with Crippen LogP contribution in [0.3, 0.4) is 0 Å². The summed E-state index contributed by atoms with van der Waals surface area (Å²) in [5.41, 5.74) is 4.34. The van der Waals surface area contributed by atoms with Gasteiger partial charge >= 0.3 is 0 Å². The molecule has 1 aromatic carbocycles. The minimum Gasteiger partial charge on any atom is -0.495 e. The molecule has 19 heavy (non-hydrogen) atoms. The highest BCUT2D eigenvalue weighted by Gasteiger charge is 2.10. The second kappa shape index (κ2) is 5.85. The summed E-state index contributed by atoms with van der Waals surface area (Å²) in [6.45, 7) is 4.13. The van der Waals surface area contributed by atoms with E-state index >= 15 is 0 Å². The molecule has 0 saturated carbocycles. The molecule has 0 aliphatic rings. The van der Waals surface area contributed by atoms with Crippen LogP contribution < -0.4 is 4.74 Å². The van der Waals surface area contributed by atoms with Gasteiger partial charge in [-0.05, 0) is 25.5 Å². The van der Waals surface area contributed by atoms with Crippen molar-refractivity contribution in [3.05, 3.63) is 58.9 Å². The molecular weight excluding hydrogens is 238 g/mol. The maximum atomic E-state index is 10.3. The van der Waals surface area contributed by atoms with Crippen LogP contribution in [0.5, 0.6) is 5.75 Å². The van der Waals surface area contributed by atoms with Crippen molar-refractivity contribution < 1.29 is 9.84 Å². The van der Waals surface area contributed by atoms with Crippen LogP contribution in [-0.4, -0.2) is 17.2 Å². The highest BCUT2D eigenvalue weighted by molar-refractivity contribution is 5.31. The second-order valence-electron chi connectivity index (χ2n) is 4.87. The van der Waals surface area contributed by atoms with Crippen LogP contribution in [0.2, 0.25) is 0 Å². The van der Waals surface area contributed by atoms with Gasteiger partial charge in [-0.25, -0.2) is 0 Å². The molecule has 0 aliphatic carbocycles. The summed E-state index contributed by atoms with van der Waals surface area (Å²) in [6, 6.07) is 8.15. The molecule has 0 saturated heterocycles. The Kier molecular flexibility index (Phi) is 4.17. The quantitative estimate of drug-likeness (QED) is 0.915. The lowest BCUT2D eigenvalue weighted by Crippen LogP contribution is -2.03. The number of methoxy groups -OCH3 is 1. The van der Waals surface area contributed by atoms with E-state index in [2.05, 4.69) is 37.0 Å². The number of hydrogen-bond acceptors (Lipinski definition) is 3. The monoisotopic (exact) mass is 257 g/mol. The molecule has 2 aromatic rings. The topological polar surface area (TPSA) is 42.4 Å². The van der Waals surface area contributed by atoms with E-state index in [0.29, 0.717) is 12.2 Å². The Bertz CT molecular complexity index is 546. The molecule has 0 spiro atoms. The Morgan fingerprint density at radius 3 is 2.42 bits per heavy atom. The van der Waals surface area contributed by atoms with Crippen LogP contribution in [0.15, 0.2) is 36.7 Å². The van der Waals surface area contributed by atoms with E-state index in [1.807, 2.05) is 6.07 Å². The van der Waals surface area contributed by atoms with E-state index in [4.69, 9.17) is 4.74 Å². The van der Waals surface area contributed by atoms with Crippen LogP contribution >= 0.6 is 0 Å². The molecule has 1 N–H and O–H groups in total. The highest BCUT2D eigenvalue weighted by atomic mass is 16.5. The van der Waals surface area contributed by atoms with Crippen molar-refractivity contribution in [1.82, 2.24) is 4.98 Å². The lowest BCUT2D eigenvalue weighted by Gasteiger charge is -2.12. The number of ether oxygens (including phenoxy) is 1. The summed E-state index contributed by atoms with van der Waals surface area (Å²) in [4.78, 5) is 4.07. The average molecular weight is 257 g/mol. The molecule has 1 unspecified atom stereocenters. The van der Waals surface area contributed by atoms with E-state index in [9.17, 15) is 5.11 Å². The summed E-state index contributed by atoms with van der Waals surface area (Å²) < 4.78 is 5.12. The first kappa shape index (κ1) is 13.6. The number of hydrogen-bond donors (Lipinski definition) is 1. The number of aliphatic hydroxyl groups excluding tert-OH is 1. The first-order valence-electron chi connectivity index (χ1n) is 6.32. The Hall–Kier alpha value is -1.87. The molecule has 0 amide bonds. The van der Waals surface area contributed by atoms with E-state index in [1.165, 1.54) is 11.1 Å². The van der Waals surface area contributed by atoms with Gasteiger partial charge in [0.05, 0.1) is 19.4 Å². The zero-order valence-corrected chi connectivity index (χ0v) is 11.6. The van der Waals surface area contributed by atoms with Crippen LogP contribution in [0, 0.1) is 13.8 Å². The van der Waals surface area contributed by atoms with Gasteiger partial charge in [0.15, 0.2) is 0 Å². The molecular formula is C16H19NO2. The summed E-state index contributed by atoms with van der Waals surface area (Å²) in [7, 11) is 1.59. The first-order valence-corrected chi connectivity index (χ1v) is 6.32. The summed E-state index contributed by atoms with van der Waals surface area (Å²) in [5, 5.41) is 10.3. The average Bonchev–Trinajstić information content (AvgIpc) is 2.37. The van der Waals surface area contributed by atoms with Gasteiger partial charge in [0.1, 0.15) is 5.75 Å². The third-order valence-electron chi connectivity index (χ3n) is 3.07.